The largest absolute Gasteiger partial charge is 0.359 e. The molecule has 140 valence electrons. The Morgan fingerprint density at radius 1 is 1.40 bits per heavy atom. The Labute approximate surface area is 155 Å². The van der Waals surface area contributed by atoms with E-state index in [2.05, 4.69) is 53.8 Å². The molecule has 1 aromatic heterocycles. The molecule has 0 aromatic carbocycles. The molecule has 2 N–H and O–H groups in total. The van der Waals surface area contributed by atoms with E-state index in [-0.39, 0.29) is 11.3 Å². The molecule has 5 nitrogen and oxygen atoms in total. The van der Waals surface area contributed by atoms with E-state index >= 15 is 0 Å². The van der Waals surface area contributed by atoms with Gasteiger partial charge in [0.1, 0.15) is 0 Å². The van der Waals surface area contributed by atoms with Crippen molar-refractivity contribution < 1.29 is 4.79 Å². The number of carbonyl (C=O) groups is 1. The number of amides is 1. The van der Waals surface area contributed by atoms with Crippen LogP contribution in [0, 0.1) is 5.92 Å². The summed E-state index contributed by atoms with van der Waals surface area (Å²) in [6, 6.07) is 4.30. The van der Waals surface area contributed by atoms with Crippen LogP contribution in [0.4, 0.5) is 0 Å². The average Bonchev–Trinajstić information content (AvgIpc) is 3.15. The van der Waals surface area contributed by atoms with Crippen molar-refractivity contribution in [2.75, 3.05) is 33.2 Å². The van der Waals surface area contributed by atoms with Gasteiger partial charge in [0.15, 0.2) is 5.96 Å². The Hall–Kier alpha value is -1.56. The van der Waals surface area contributed by atoms with Gasteiger partial charge in [0.25, 0.3) is 0 Å². The van der Waals surface area contributed by atoms with Crippen LogP contribution in [0.3, 0.4) is 0 Å². The molecule has 6 heteroatoms. The van der Waals surface area contributed by atoms with Crippen LogP contribution < -0.4 is 10.6 Å². The Morgan fingerprint density at radius 3 is 2.68 bits per heavy atom. The van der Waals surface area contributed by atoms with Crippen LogP contribution in [0.25, 0.3) is 0 Å². The number of aliphatic imine (C=N–C) groups is 1. The van der Waals surface area contributed by atoms with Crippen molar-refractivity contribution in [3.63, 3.8) is 0 Å². The van der Waals surface area contributed by atoms with Gasteiger partial charge in [-0.2, -0.15) is 0 Å². The molecule has 0 atom stereocenters. The SMILES string of the molecule is CCNC(=NCC(C)(C)c1cccs1)N1CCC(CC(=O)NC)CC1. The molecule has 2 heterocycles. The Balaban J connectivity index is 1.95. The molecule has 1 aliphatic heterocycles. The topological polar surface area (TPSA) is 56.7 Å². The number of thiophene rings is 1. The number of nitrogens with one attached hydrogen (secondary N) is 2. The molecule has 25 heavy (non-hydrogen) atoms. The predicted octanol–water partition coefficient (Wildman–Crippen LogP) is 2.84. The fourth-order valence-corrected chi connectivity index (χ4v) is 4.00. The molecule has 0 aliphatic carbocycles. The third-order valence-corrected chi connectivity index (χ3v) is 6.05. The van der Waals surface area contributed by atoms with Crippen LogP contribution in [0.2, 0.25) is 0 Å². The van der Waals surface area contributed by atoms with Crippen molar-refractivity contribution in [3.8, 4) is 0 Å². The summed E-state index contributed by atoms with van der Waals surface area (Å²) in [7, 11) is 1.71. The second-order valence-electron chi connectivity index (χ2n) is 7.34. The van der Waals surface area contributed by atoms with Gasteiger partial charge in [-0.1, -0.05) is 19.9 Å². The van der Waals surface area contributed by atoms with Gasteiger partial charge in [-0.3, -0.25) is 9.79 Å². The molecule has 1 fully saturated rings. The van der Waals surface area contributed by atoms with Gasteiger partial charge in [-0.05, 0) is 37.1 Å². The maximum atomic E-state index is 11.6. The molecular formula is C19H32N4OS. The summed E-state index contributed by atoms with van der Waals surface area (Å²) in [5.41, 5.74) is 0.0480. The van der Waals surface area contributed by atoms with Gasteiger partial charge in [-0.15, -0.1) is 11.3 Å². The zero-order valence-electron chi connectivity index (χ0n) is 16.0. The highest BCUT2D eigenvalue weighted by Gasteiger charge is 2.25. The Bertz CT molecular complexity index is 560. The van der Waals surface area contributed by atoms with Gasteiger partial charge in [0.05, 0.1) is 6.54 Å². The van der Waals surface area contributed by atoms with Gasteiger partial charge in [0, 0.05) is 43.4 Å². The third kappa shape index (κ3) is 5.73. The van der Waals surface area contributed by atoms with E-state index in [1.54, 1.807) is 18.4 Å². The van der Waals surface area contributed by atoms with Gasteiger partial charge in [-0.25, -0.2) is 0 Å². The van der Waals surface area contributed by atoms with Gasteiger partial charge in [0.2, 0.25) is 5.91 Å². The van der Waals surface area contributed by atoms with Crippen LogP contribution in [0.15, 0.2) is 22.5 Å². The normalized spacial score (nSPS) is 16.8. The van der Waals surface area contributed by atoms with Crippen molar-refractivity contribution in [1.29, 1.82) is 0 Å². The minimum atomic E-state index is 0.0480. The lowest BCUT2D eigenvalue weighted by Gasteiger charge is -2.34. The Kier molecular flexibility index (Phi) is 7.29. The summed E-state index contributed by atoms with van der Waals surface area (Å²) in [5.74, 6) is 1.64. The summed E-state index contributed by atoms with van der Waals surface area (Å²) >= 11 is 1.80. The van der Waals surface area contributed by atoms with E-state index in [0.29, 0.717) is 12.3 Å². The highest BCUT2D eigenvalue weighted by Crippen LogP contribution is 2.28. The van der Waals surface area contributed by atoms with Crippen LogP contribution in [0.5, 0.6) is 0 Å². The lowest BCUT2D eigenvalue weighted by molar-refractivity contribution is -0.121. The summed E-state index contributed by atoms with van der Waals surface area (Å²) in [6.07, 6.45) is 2.74. The highest BCUT2D eigenvalue weighted by atomic mass is 32.1. The summed E-state index contributed by atoms with van der Waals surface area (Å²) in [4.78, 5) is 20.2. The number of hydrogen-bond acceptors (Lipinski definition) is 3. The maximum absolute atomic E-state index is 11.6. The van der Waals surface area contributed by atoms with Gasteiger partial charge >= 0.3 is 0 Å². The molecule has 0 bridgehead atoms. The number of guanidine groups is 1. The van der Waals surface area contributed by atoms with Crippen LogP contribution in [0.1, 0.15) is 44.9 Å². The standard InChI is InChI=1S/C19H32N4OS/c1-5-21-18(22-14-19(2,3)16-7-6-12-25-16)23-10-8-15(9-11-23)13-17(24)20-4/h6-7,12,15H,5,8-11,13-14H2,1-4H3,(H,20,24)(H,21,22). The first-order chi connectivity index (χ1) is 12.0. The minimum absolute atomic E-state index is 0.0480. The number of carbonyl (C=O) groups excluding carboxylic acids is 1. The fourth-order valence-electron chi connectivity index (χ4n) is 3.15. The molecular weight excluding hydrogens is 332 g/mol. The van der Waals surface area contributed by atoms with E-state index in [9.17, 15) is 4.79 Å². The van der Waals surface area contributed by atoms with Crippen LogP contribution in [-0.2, 0) is 10.2 Å². The molecule has 0 spiro atoms. The number of rotatable bonds is 6. The summed E-state index contributed by atoms with van der Waals surface area (Å²) in [5, 5.41) is 8.29. The lowest BCUT2D eigenvalue weighted by atomic mass is 9.92. The molecule has 1 amide bonds. The molecule has 0 saturated carbocycles. The molecule has 2 rings (SSSR count). The molecule has 1 aliphatic rings. The predicted molar refractivity (Wildman–Crippen MR) is 106 cm³/mol. The smallest absolute Gasteiger partial charge is 0.220 e. The van der Waals surface area contributed by atoms with Crippen molar-refractivity contribution in [2.24, 2.45) is 10.9 Å². The highest BCUT2D eigenvalue weighted by molar-refractivity contribution is 7.10. The lowest BCUT2D eigenvalue weighted by Crippen LogP contribution is -2.46. The number of likely N-dealkylation sites (tertiary alicyclic amines) is 1. The van der Waals surface area contributed by atoms with Crippen molar-refractivity contribution in [1.82, 2.24) is 15.5 Å². The van der Waals surface area contributed by atoms with E-state index in [1.807, 2.05) is 0 Å². The molecule has 0 radical (unpaired) electrons. The first-order valence-electron chi connectivity index (χ1n) is 9.24. The van der Waals surface area contributed by atoms with E-state index in [4.69, 9.17) is 4.99 Å². The molecule has 1 aromatic rings. The number of nitrogens with zero attached hydrogens (tertiary/aromatic N) is 2. The van der Waals surface area contributed by atoms with E-state index in [0.717, 1.165) is 45.0 Å². The summed E-state index contributed by atoms with van der Waals surface area (Å²) in [6.45, 7) is 10.2. The van der Waals surface area contributed by atoms with E-state index in [1.165, 1.54) is 4.88 Å². The van der Waals surface area contributed by atoms with E-state index < -0.39 is 0 Å². The minimum Gasteiger partial charge on any atom is -0.359 e. The maximum Gasteiger partial charge on any atom is 0.220 e. The second-order valence-corrected chi connectivity index (χ2v) is 8.29. The Morgan fingerprint density at radius 2 is 2.12 bits per heavy atom. The quantitative estimate of drug-likeness (QED) is 0.603. The zero-order chi connectivity index (χ0) is 18.3. The first kappa shape index (κ1) is 19.8. The van der Waals surface area contributed by atoms with Crippen molar-refractivity contribution in [2.45, 2.75) is 45.4 Å². The third-order valence-electron chi connectivity index (χ3n) is 4.81. The first-order valence-corrected chi connectivity index (χ1v) is 10.1. The number of hydrogen-bond donors (Lipinski definition) is 2. The zero-order valence-corrected chi connectivity index (χ0v) is 16.8. The molecule has 1 saturated heterocycles. The second kappa shape index (κ2) is 9.22. The summed E-state index contributed by atoms with van der Waals surface area (Å²) < 4.78 is 0. The fraction of sp³-hybridized carbons (Fsp3) is 0.684. The van der Waals surface area contributed by atoms with Crippen LogP contribution >= 0.6 is 11.3 Å². The average molecular weight is 365 g/mol. The number of piperidine rings is 1. The van der Waals surface area contributed by atoms with Gasteiger partial charge < -0.3 is 15.5 Å². The van der Waals surface area contributed by atoms with Crippen LogP contribution in [-0.4, -0.2) is 50.0 Å². The van der Waals surface area contributed by atoms with Crippen molar-refractivity contribution in [3.05, 3.63) is 22.4 Å². The molecule has 0 unspecified atom stereocenters. The monoisotopic (exact) mass is 364 g/mol. The van der Waals surface area contributed by atoms with Crippen molar-refractivity contribution >= 4 is 23.2 Å².